The van der Waals surface area contributed by atoms with Crippen molar-refractivity contribution in [1.82, 2.24) is 0 Å². The molecule has 0 amide bonds. The van der Waals surface area contributed by atoms with E-state index >= 15 is 0 Å². The molecule has 1 aromatic rings. The third kappa shape index (κ3) is 2.63. The van der Waals surface area contributed by atoms with Crippen molar-refractivity contribution < 1.29 is 9.84 Å². The van der Waals surface area contributed by atoms with Crippen molar-refractivity contribution in [3.8, 4) is 0 Å². The number of hydrogen-bond donors (Lipinski definition) is 1. The number of aliphatic hydroxyl groups excluding tert-OH is 1. The van der Waals surface area contributed by atoms with Crippen LogP contribution in [-0.4, -0.2) is 24.4 Å². The summed E-state index contributed by atoms with van der Waals surface area (Å²) in [7, 11) is 0. The van der Waals surface area contributed by atoms with Crippen LogP contribution in [0.25, 0.3) is 0 Å². The molecule has 2 nitrogen and oxygen atoms in total. The summed E-state index contributed by atoms with van der Waals surface area (Å²) in [5, 5.41) is 9.81. The summed E-state index contributed by atoms with van der Waals surface area (Å²) in [5.41, 5.74) is 2.85. The standard InChI is InChI=1S/C14H20O2/c1-2-7-16-10-13(15)9-12-8-11-5-3-4-6-14(11)12/h3-6,12-13,15H,2,7-10H2,1H3. The van der Waals surface area contributed by atoms with Crippen molar-refractivity contribution in [2.75, 3.05) is 13.2 Å². The van der Waals surface area contributed by atoms with E-state index in [1.54, 1.807) is 0 Å². The van der Waals surface area contributed by atoms with Gasteiger partial charge < -0.3 is 9.84 Å². The molecule has 1 N–H and O–H groups in total. The first-order chi connectivity index (χ1) is 7.81. The molecule has 0 aromatic heterocycles. The molecule has 2 atom stereocenters. The second-order valence-electron chi connectivity index (χ2n) is 4.56. The third-order valence-corrected chi connectivity index (χ3v) is 3.18. The minimum Gasteiger partial charge on any atom is -0.391 e. The van der Waals surface area contributed by atoms with Crippen LogP contribution in [0.1, 0.15) is 36.8 Å². The molecule has 0 saturated carbocycles. The van der Waals surface area contributed by atoms with Crippen molar-refractivity contribution in [2.24, 2.45) is 0 Å². The van der Waals surface area contributed by atoms with Gasteiger partial charge in [0, 0.05) is 6.61 Å². The van der Waals surface area contributed by atoms with Gasteiger partial charge in [-0.25, -0.2) is 0 Å². The molecule has 0 bridgehead atoms. The van der Waals surface area contributed by atoms with Gasteiger partial charge in [-0.1, -0.05) is 31.2 Å². The Bertz CT molecular complexity index is 335. The van der Waals surface area contributed by atoms with Gasteiger partial charge in [-0.3, -0.25) is 0 Å². The van der Waals surface area contributed by atoms with E-state index in [1.165, 1.54) is 11.1 Å². The van der Waals surface area contributed by atoms with E-state index in [0.29, 0.717) is 12.5 Å². The highest BCUT2D eigenvalue weighted by Gasteiger charge is 2.27. The summed E-state index contributed by atoms with van der Waals surface area (Å²) in [5.74, 6) is 0.538. The molecule has 0 heterocycles. The molecule has 1 aliphatic rings. The van der Waals surface area contributed by atoms with Crippen LogP contribution in [-0.2, 0) is 11.2 Å². The normalized spacial score (nSPS) is 20.0. The van der Waals surface area contributed by atoms with Crippen molar-refractivity contribution in [1.29, 1.82) is 0 Å². The van der Waals surface area contributed by atoms with Crippen LogP contribution in [0, 0.1) is 0 Å². The zero-order chi connectivity index (χ0) is 11.4. The first-order valence-corrected chi connectivity index (χ1v) is 6.15. The largest absolute Gasteiger partial charge is 0.391 e. The van der Waals surface area contributed by atoms with Crippen molar-refractivity contribution in [2.45, 2.75) is 38.2 Å². The van der Waals surface area contributed by atoms with E-state index in [1.807, 2.05) is 0 Å². The predicted octanol–water partition coefficient (Wildman–Crippen LogP) is 2.50. The molecule has 0 spiro atoms. The van der Waals surface area contributed by atoms with Crippen molar-refractivity contribution >= 4 is 0 Å². The van der Waals surface area contributed by atoms with Gasteiger partial charge in [0.15, 0.2) is 0 Å². The number of ether oxygens (including phenoxy) is 1. The molecule has 16 heavy (non-hydrogen) atoms. The van der Waals surface area contributed by atoms with E-state index in [2.05, 4.69) is 31.2 Å². The molecular formula is C14H20O2. The Kier molecular flexibility index (Phi) is 3.97. The molecule has 0 aliphatic heterocycles. The number of fused-ring (bicyclic) bond motifs is 1. The Morgan fingerprint density at radius 3 is 3.00 bits per heavy atom. The van der Waals surface area contributed by atoms with E-state index in [4.69, 9.17) is 4.74 Å². The fourth-order valence-corrected chi connectivity index (χ4v) is 2.33. The molecule has 2 unspecified atom stereocenters. The zero-order valence-corrected chi connectivity index (χ0v) is 9.86. The Morgan fingerprint density at radius 1 is 1.44 bits per heavy atom. The Hall–Kier alpha value is -0.860. The highest BCUT2D eigenvalue weighted by atomic mass is 16.5. The Balaban J connectivity index is 1.76. The van der Waals surface area contributed by atoms with Crippen LogP contribution in [0.5, 0.6) is 0 Å². The van der Waals surface area contributed by atoms with Gasteiger partial charge in [-0.05, 0) is 36.3 Å². The number of benzene rings is 1. The molecule has 0 fully saturated rings. The lowest BCUT2D eigenvalue weighted by atomic mass is 9.75. The van der Waals surface area contributed by atoms with Crippen LogP contribution >= 0.6 is 0 Å². The van der Waals surface area contributed by atoms with Crippen LogP contribution in [0.3, 0.4) is 0 Å². The SMILES string of the molecule is CCCOCC(O)CC1Cc2ccccc21. The van der Waals surface area contributed by atoms with E-state index in [-0.39, 0.29) is 6.10 Å². The van der Waals surface area contributed by atoms with E-state index in [9.17, 15) is 5.11 Å². The highest BCUT2D eigenvalue weighted by molar-refractivity contribution is 5.39. The topological polar surface area (TPSA) is 29.5 Å². The summed E-state index contributed by atoms with van der Waals surface area (Å²) in [6.45, 7) is 3.30. The van der Waals surface area contributed by atoms with Gasteiger partial charge in [0.05, 0.1) is 12.7 Å². The molecule has 1 aliphatic carbocycles. The molecule has 0 radical (unpaired) electrons. The molecule has 2 rings (SSSR count). The predicted molar refractivity (Wildman–Crippen MR) is 64.6 cm³/mol. The first-order valence-electron chi connectivity index (χ1n) is 6.15. The summed E-state index contributed by atoms with van der Waals surface area (Å²) >= 11 is 0. The highest BCUT2D eigenvalue weighted by Crippen LogP contribution is 2.37. The Morgan fingerprint density at radius 2 is 2.25 bits per heavy atom. The average Bonchev–Trinajstić information content (AvgIpc) is 2.26. The lowest BCUT2D eigenvalue weighted by Gasteiger charge is -2.31. The van der Waals surface area contributed by atoms with Crippen LogP contribution < -0.4 is 0 Å². The lowest BCUT2D eigenvalue weighted by molar-refractivity contribution is 0.0280. The summed E-state index contributed by atoms with van der Waals surface area (Å²) in [6.07, 6.45) is 2.64. The maximum Gasteiger partial charge on any atom is 0.0779 e. The Labute approximate surface area is 97.3 Å². The van der Waals surface area contributed by atoms with Crippen LogP contribution in [0.2, 0.25) is 0 Å². The molecule has 88 valence electrons. The monoisotopic (exact) mass is 220 g/mol. The van der Waals surface area contributed by atoms with Gasteiger partial charge in [0.25, 0.3) is 0 Å². The molecular weight excluding hydrogens is 200 g/mol. The van der Waals surface area contributed by atoms with E-state index in [0.717, 1.165) is 25.9 Å². The van der Waals surface area contributed by atoms with Crippen molar-refractivity contribution in [3.63, 3.8) is 0 Å². The second kappa shape index (κ2) is 5.46. The average molecular weight is 220 g/mol. The zero-order valence-electron chi connectivity index (χ0n) is 9.86. The van der Waals surface area contributed by atoms with Crippen LogP contribution in [0.4, 0.5) is 0 Å². The number of aliphatic hydroxyl groups is 1. The molecule has 2 heteroatoms. The van der Waals surface area contributed by atoms with Gasteiger partial charge in [-0.15, -0.1) is 0 Å². The minimum atomic E-state index is -0.315. The summed E-state index contributed by atoms with van der Waals surface area (Å²) in [4.78, 5) is 0. The maximum atomic E-state index is 9.81. The van der Waals surface area contributed by atoms with E-state index < -0.39 is 0 Å². The van der Waals surface area contributed by atoms with Crippen molar-refractivity contribution in [3.05, 3.63) is 35.4 Å². The third-order valence-electron chi connectivity index (χ3n) is 3.18. The second-order valence-corrected chi connectivity index (χ2v) is 4.56. The smallest absolute Gasteiger partial charge is 0.0779 e. The number of hydrogen-bond acceptors (Lipinski definition) is 2. The quantitative estimate of drug-likeness (QED) is 0.746. The first kappa shape index (κ1) is 11.6. The van der Waals surface area contributed by atoms with Crippen LogP contribution in [0.15, 0.2) is 24.3 Å². The number of rotatable bonds is 6. The van der Waals surface area contributed by atoms with Gasteiger partial charge in [-0.2, -0.15) is 0 Å². The minimum absolute atomic E-state index is 0.315. The fourth-order valence-electron chi connectivity index (χ4n) is 2.33. The van der Waals surface area contributed by atoms with Gasteiger partial charge in [0.2, 0.25) is 0 Å². The maximum absolute atomic E-state index is 9.81. The summed E-state index contributed by atoms with van der Waals surface area (Å²) < 4.78 is 5.35. The lowest BCUT2D eigenvalue weighted by Crippen LogP contribution is -2.25. The fraction of sp³-hybridized carbons (Fsp3) is 0.571. The van der Waals surface area contributed by atoms with Gasteiger partial charge in [0.1, 0.15) is 0 Å². The van der Waals surface area contributed by atoms with Gasteiger partial charge >= 0.3 is 0 Å². The summed E-state index contributed by atoms with van der Waals surface area (Å²) in [6, 6.07) is 8.50. The molecule has 1 aromatic carbocycles. The molecule has 0 saturated heterocycles.